The van der Waals surface area contributed by atoms with Crippen molar-refractivity contribution in [2.45, 2.75) is 33.2 Å². The first-order chi connectivity index (χ1) is 6.27. The largest absolute Gasteiger partial charge is 0.311 e. The quantitative estimate of drug-likeness (QED) is 0.645. The number of rotatable bonds is 0. The first kappa shape index (κ1) is 8.63. The van der Waals surface area contributed by atoms with Crippen molar-refractivity contribution in [2.24, 2.45) is 0 Å². The number of hydrogen-bond acceptors (Lipinski definition) is 3. The zero-order chi connectivity index (χ0) is 9.26. The summed E-state index contributed by atoms with van der Waals surface area (Å²) < 4.78 is 0. The van der Waals surface area contributed by atoms with Crippen molar-refractivity contribution in [2.75, 3.05) is 6.54 Å². The van der Waals surface area contributed by atoms with Crippen LogP contribution in [0.2, 0.25) is 0 Å². The van der Waals surface area contributed by atoms with E-state index in [9.17, 15) is 0 Å². The van der Waals surface area contributed by atoms with Crippen LogP contribution in [0.3, 0.4) is 0 Å². The molecule has 0 atom stereocenters. The molecule has 13 heavy (non-hydrogen) atoms. The average molecular weight is 177 g/mol. The Bertz CT molecular complexity index is 320. The second kappa shape index (κ2) is 3.42. The Hall–Kier alpha value is -0.960. The van der Waals surface area contributed by atoms with E-state index in [1.54, 1.807) is 0 Å². The van der Waals surface area contributed by atoms with Crippen LogP contribution in [0.25, 0.3) is 0 Å². The smallest absolute Gasteiger partial charge is 0.125 e. The van der Waals surface area contributed by atoms with Crippen molar-refractivity contribution in [1.29, 1.82) is 0 Å². The highest BCUT2D eigenvalue weighted by molar-refractivity contribution is 5.26. The monoisotopic (exact) mass is 177 g/mol. The van der Waals surface area contributed by atoms with E-state index in [1.165, 1.54) is 17.7 Å². The van der Waals surface area contributed by atoms with Gasteiger partial charge < -0.3 is 5.32 Å². The number of hydrogen-bond donors (Lipinski definition) is 1. The molecule has 0 aromatic carbocycles. The zero-order valence-corrected chi connectivity index (χ0v) is 8.22. The summed E-state index contributed by atoms with van der Waals surface area (Å²) in [6.45, 7) is 6.03. The molecule has 2 rings (SSSR count). The van der Waals surface area contributed by atoms with Gasteiger partial charge in [-0.05, 0) is 38.8 Å². The Balaban J connectivity index is 2.47. The van der Waals surface area contributed by atoms with Gasteiger partial charge in [-0.2, -0.15) is 0 Å². The summed E-state index contributed by atoms with van der Waals surface area (Å²) in [5.41, 5.74) is 3.71. The number of aryl methyl sites for hydroxylation is 2. The molecule has 70 valence electrons. The highest BCUT2D eigenvalue weighted by Crippen LogP contribution is 2.15. The van der Waals surface area contributed by atoms with E-state index in [0.29, 0.717) is 0 Å². The van der Waals surface area contributed by atoms with Crippen LogP contribution < -0.4 is 5.32 Å². The summed E-state index contributed by atoms with van der Waals surface area (Å²) >= 11 is 0. The van der Waals surface area contributed by atoms with Gasteiger partial charge in [0.2, 0.25) is 0 Å². The Morgan fingerprint density at radius 1 is 1.23 bits per heavy atom. The van der Waals surface area contributed by atoms with E-state index < -0.39 is 0 Å². The fourth-order valence-electron chi connectivity index (χ4n) is 1.88. The molecular formula is C10H15N3. The maximum atomic E-state index is 4.46. The van der Waals surface area contributed by atoms with E-state index in [0.717, 1.165) is 31.0 Å². The molecule has 0 unspecified atom stereocenters. The maximum absolute atomic E-state index is 4.46. The van der Waals surface area contributed by atoms with Gasteiger partial charge in [0.1, 0.15) is 5.82 Å². The molecule has 0 aliphatic carbocycles. The number of aromatic nitrogens is 2. The normalized spacial score (nSPS) is 16.5. The molecule has 0 amide bonds. The predicted molar refractivity (Wildman–Crippen MR) is 51.5 cm³/mol. The van der Waals surface area contributed by atoms with Gasteiger partial charge in [-0.1, -0.05) is 0 Å². The molecule has 1 aliphatic rings. The second-order valence-corrected chi connectivity index (χ2v) is 3.56. The summed E-state index contributed by atoms with van der Waals surface area (Å²) in [5, 5.41) is 3.37. The minimum absolute atomic E-state index is 0.889. The fourth-order valence-corrected chi connectivity index (χ4v) is 1.88. The van der Waals surface area contributed by atoms with Crippen LogP contribution in [0.4, 0.5) is 0 Å². The van der Waals surface area contributed by atoms with Gasteiger partial charge >= 0.3 is 0 Å². The third-order valence-electron chi connectivity index (χ3n) is 2.48. The van der Waals surface area contributed by atoms with Gasteiger partial charge in [-0.15, -0.1) is 0 Å². The standard InChI is InChI=1S/C10H15N3/c1-7-9-4-3-5-11-6-10(9)13-8(2)12-7/h11H,3-6H2,1-2H3. The number of nitrogens with zero attached hydrogens (tertiary/aromatic N) is 2. The summed E-state index contributed by atoms with van der Waals surface area (Å²) in [4.78, 5) is 8.85. The van der Waals surface area contributed by atoms with Crippen molar-refractivity contribution >= 4 is 0 Å². The van der Waals surface area contributed by atoms with Crippen molar-refractivity contribution in [3.05, 3.63) is 22.8 Å². The van der Waals surface area contributed by atoms with Crippen LogP contribution >= 0.6 is 0 Å². The van der Waals surface area contributed by atoms with Crippen molar-refractivity contribution in [3.8, 4) is 0 Å². The fraction of sp³-hybridized carbons (Fsp3) is 0.600. The maximum Gasteiger partial charge on any atom is 0.125 e. The van der Waals surface area contributed by atoms with Crippen LogP contribution in [0.15, 0.2) is 0 Å². The SMILES string of the molecule is Cc1nc(C)c2c(n1)CNCCC2. The Morgan fingerprint density at radius 3 is 2.92 bits per heavy atom. The predicted octanol–water partition coefficient (Wildman–Crippen LogP) is 1.13. The van der Waals surface area contributed by atoms with Gasteiger partial charge in [-0.25, -0.2) is 9.97 Å². The molecule has 0 saturated carbocycles. The first-order valence-corrected chi connectivity index (χ1v) is 4.81. The van der Waals surface area contributed by atoms with Crippen LogP contribution in [0.1, 0.15) is 29.2 Å². The lowest BCUT2D eigenvalue weighted by Gasteiger charge is -2.07. The topological polar surface area (TPSA) is 37.8 Å². The average Bonchev–Trinajstić information content (AvgIpc) is 2.28. The Labute approximate surface area is 78.6 Å². The van der Waals surface area contributed by atoms with Gasteiger partial charge in [0.25, 0.3) is 0 Å². The van der Waals surface area contributed by atoms with E-state index in [2.05, 4.69) is 22.2 Å². The van der Waals surface area contributed by atoms with Gasteiger partial charge in [0, 0.05) is 12.2 Å². The van der Waals surface area contributed by atoms with Crippen molar-refractivity contribution in [1.82, 2.24) is 15.3 Å². The van der Waals surface area contributed by atoms with Crippen LogP contribution in [-0.4, -0.2) is 16.5 Å². The van der Waals surface area contributed by atoms with E-state index >= 15 is 0 Å². The van der Waals surface area contributed by atoms with Crippen LogP contribution in [-0.2, 0) is 13.0 Å². The molecule has 0 saturated heterocycles. The molecule has 1 aromatic heterocycles. The minimum Gasteiger partial charge on any atom is -0.311 e. The summed E-state index contributed by atoms with van der Waals surface area (Å²) in [6, 6.07) is 0. The summed E-state index contributed by atoms with van der Waals surface area (Å²) in [5.74, 6) is 0.889. The third-order valence-corrected chi connectivity index (χ3v) is 2.48. The highest BCUT2D eigenvalue weighted by Gasteiger charge is 2.12. The number of nitrogens with one attached hydrogen (secondary N) is 1. The van der Waals surface area contributed by atoms with Crippen molar-refractivity contribution < 1.29 is 0 Å². The molecule has 0 radical (unpaired) electrons. The van der Waals surface area contributed by atoms with E-state index in [4.69, 9.17) is 0 Å². The summed E-state index contributed by atoms with van der Waals surface area (Å²) in [6.07, 6.45) is 2.31. The molecule has 2 heterocycles. The molecule has 3 heteroatoms. The van der Waals surface area contributed by atoms with Crippen molar-refractivity contribution in [3.63, 3.8) is 0 Å². The zero-order valence-electron chi connectivity index (χ0n) is 8.22. The molecule has 1 N–H and O–H groups in total. The Morgan fingerprint density at radius 2 is 2.08 bits per heavy atom. The van der Waals surface area contributed by atoms with Gasteiger partial charge in [0.15, 0.2) is 0 Å². The first-order valence-electron chi connectivity index (χ1n) is 4.81. The van der Waals surface area contributed by atoms with E-state index in [-0.39, 0.29) is 0 Å². The molecule has 0 fully saturated rings. The van der Waals surface area contributed by atoms with Gasteiger partial charge in [-0.3, -0.25) is 0 Å². The highest BCUT2D eigenvalue weighted by atomic mass is 14.9. The lowest BCUT2D eigenvalue weighted by molar-refractivity contribution is 0.673. The lowest BCUT2D eigenvalue weighted by atomic mass is 10.1. The minimum atomic E-state index is 0.889. The lowest BCUT2D eigenvalue weighted by Crippen LogP contribution is -2.13. The number of fused-ring (bicyclic) bond motifs is 1. The molecular weight excluding hydrogens is 162 g/mol. The molecule has 1 aliphatic heterocycles. The molecule has 0 spiro atoms. The summed E-state index contributed by atoms with van der Waals surface area (Å²) in [7, 11) is 0. The van der Waals surface area contributed by atoms with E-state index in [1.807, 2.05) is 6.92 Å². The molecule has 0 bridgehead atoms. The molecule has 3 nitrogen and oxygen atoms in total. The van der Waals surface area contributed by atoms with Crippen LogP contribution in [0, 0.1) is 13.8 Å². The Kier molecular flexibility index (Phi) is 2.27. The van der Waals surface area contributed by atoms with Gasteiger partial charge in [0.05, 0.1) is 5.69 Å². The second-order valence-electron chi connectivity index (χ2n) is 3.56. The molecule has 1 aromatic rings. The van der Waals surface area contributed by atoms with Crippen LogP contribution in [0.5, 0.6) is 0 Å². The third kappa shape index (κ3) is 1.70.